The molecule has 3 heteroatoms. The van der Waals surface area contributed by atoms with Crippen LogP contribution in [0.4, 0.5) is 0 Å². The molecule has 1 aromatic heterocycles. The van der Waals surface area contributed by atoms with Crippen LogP contribution in [0.25, 0.3) is 0 Å². The highest BCUT2D eigenvalue weighted by atomic mass is 16.5. The zero-order valence-corrected chi connectivity index (χ0v) is 10.4. The van der Waals surface area contributed by atoms with Crippen LogP contribution in [0.3, 0.4) is 0 Å². The van der Waals surface area contributed by atoms with Gasteiger partial charge in [0.15, 0.2) is 0 Å². The summed E-state index contributed by atoms with van der Waals surface area (Å²) >= 11 is 0. The summed E-state index contributed by atoms with van der Waals surface area (Å²) in [7, 11) is 1.68. The average molecular weight is 240 g/mol. The fourth-order valence-corrected chi connectivity index (χ4v) is 2.48. The maximum Gasteiger partial charge on any atom is 0.122 e. The smallest absolute Gasteiger partial charge is 0.122 e. The number of hydrogen-bond donors (Lipinski definition) is 1. The van der Waals surface area contributed by atoms with Crippen molar-refractivity contribution in [2.75, 3.05) is 13.7 Å². The van der Waals surface area contributed by atoms with Crippen molar-refractivity contribution in [3.63, 3.8) is 0 Å². The van der Waals surface area contributed by atoms with E-state index < -0.39 is 0 Å². The maximum atomic E-state index is 5.27. The number of rotatable bonds is 2. The van der Waals surface area contributed by atoms with Gasteiger partial charge < -0.3 is 10.1 Å². The Morgan fingerprint density at radius 3 is 3.06 bits per heavy atom. The summed E-state index contributed by atoms with van der Waals surface area (Å²) in [5, 5.41) is 3.52. The van der Waals surface area contributed by atoms with Crippen LogP contribution in [-0.4, -0.2) is 18.6 Å². The molecule has 2 aromatic rings. The molecule has 0 fully saturated rings. The van der Waals surface area contributed by atoms with E-state index in [-0.39, 0.29) is 6.04 Å². The highest BCUT2D eigenvalue weighted by Gasteiger charge is 2.21. The molecule has 92 valence electrons. The second kappa shape index (κ2) is 4.78. The van der Waals surface area contributed by atoms with Crippen LogP contribution in [0, 0.1) is 0 Å². The first kappa shape index (κ1) is 11.2. The van der Waals surface area contributed by atoms with Crippen molar-refractivity contribution in [3.05, 3.63) is 59.4 Å². The third kappa shape index (κ3) is 1.97. The van der Waals surface area contributed by atoms with Crippen LogP contribution in [0.1, 0.15) is 22.9 Å². The molecule has 0 saturated carbocycles. The van der Waals surface area contributed by atoms with Gasteiger partial charge in [-0.3, -0.25) is 4.98 Å². The van der Waals surface area contributed by atoms with Crippen molar-refractivity contribution in [1.82, 2.24) is 10.3 Å². The van der Waals surface area contributed by atoms with Gasteiger partial charge in [-0.25, -0.2) is 0 Å². The van der Waals surface area contributed by atoms with Gasteiger partial charge in [0.2, 0.25) is 0 Å². The Labute approximate surface area is 107 Å². The molecule has 1 aromatic carbocycles. The van der Waals surface area contributed by atoms with Crippen molar-refractivity contribution >= 4 is 0 Å². The normalized spacial score (nSPS) is 18.2. The Morgan fingerprint density at radius 1 is 1.28 bits per heavy atom. The summed E-state index contributed by atoms with van der Waals surface area (Å²) in [5.41, 5.74) is 3.75. The minimum absolute atomic E-state index is 0.171. The number of ether oxygens (including phenoxy) is 1. The number of hydrogen-bond acceptors (Lipinski definition) is 3. The van der Waals surface area contributed by atoms with Gasteiger partial charge in [-0.2, -0.15) is 0 Å². The predicted octanol–water partition coefficient (Wildman–Crippen LogP) is 2.33. The molecular formula is C15H16N2O. The molecule has 0 bridgehead atoms. The summed E-state index contributed by atoms with van der Waals surface area (Å²) in [5.74, 6) is 0.852. The zero-order chi connectivity index (χ0) is 12.4. The second-order valence-corrected chi connectivity index (χ2v) is 4.46. The Hall–Kier alpha value is -1.87. The SMILES string of the molecule is COc1ccnc([C@H]2NCCc3ccccc32)c1. The van der Waals surface area contributed by atoms with E-state index in [4.69, 9.17) is 4.74 Å². The molecule has 0 radical (unpaired) electrons. The van der Waals surface area contributed by atoms with Crippen LogP contribution in [-0.2, 0) is 6.42 Å². The average Bonchev–Trinajstić information content (AvgIpc) is 2.47. The standard InChI is InChI=1S/C15H16N2O/c1-18-12-7-9-16-14(10-12)15-13-5-3-2-4-11(13)6-8-17-15/h2-5,7,9-10,15,17H,6,8H2,1H3/t15-/m0/s1. The summed E-state index contributed by atoms with van der Waals surface area (Å²) < 4.78 is 5.27. The second-order valence-electron chi connectivity index (χ2n) is 4.46. The molecule has 0 spiro atoms. The Bertz CT molecular complexity index is 554. The number of pyridine rings is 1. The minimum atomic E-state index is 0.171. The van der Waals surface area contributed by atoms with Gasteiger partial charge in [0.25, 0.3) is 0 Å². The van der Waals surface area contributed by atoms with Crippen molar-refractivity contribution in [2.45, 2.75) is 12.5 Å². The van der Waals surface area contributed by atoms with Crippen molar-refractivity contribution in [3.8, 4) is 5.75 Å². The Morgan fingerprint density at radius 2 is 2.17 bits per heavy atom. The third-order valence-electron chi connectivity index (χ3n) is 3.39. The molecular weight excluding hydrogens is 224 g/mol. The lowest BCUT2D eigenvalue weighted by Crippen LogP contribution is -2.31. The molecule has 2 heterocycles. The first-order chi connectivity index (χ1) is 8.88. The maximum absolute atomic E-state index is 5.27. The number of benzene rings is 1. The molecule has 3 rings (SSSR count). The molecule has 0 unspecified atom stereocenters. The number of nitrogens with zero attached hydrogens (tertiary/aromatic N) is 1. The largest absolute Gasteiger partial charge is 0.497 e. The monoisotopic (exact) mass is 240 g/mol. The fourth-order valence-electron chi connectivity index (χ4n) is 2.48. The van der Waals surface area contributed by atoms with Crippen LogP contribution in [0.5, 0.6) is 5.75 Å². The Kier molecular flexibility index (Phi) is 2.99. The van der Waals surface area contributed by atoms with E-state index in [9.17, 15) is 0 Å². The number of fused-ring (bicyclic) bond motifs is 1. The van der Waals surface area contributed by atoms with E-state index in [1.165, 1.54) is 11.1 Å². The van der Waals surface area contributed by atoms with Crippen LogP contribution < -0.4 is 10.1 Å². The fraction of sp³-hybridized carbons (Fsp3) is 0.267. The third-order valence-corrected chi connectivity index (χ3v) is 3.39. The topological polar surface area (TPSA) is 34.1 Å². The van der Waals surface area contributed by atoms with Crippen molar-refractivity contribution < 1.29 is 4.74 Å². The molecule has 1 aliphatic rings. The van der Waals surface area contributed by atoms with Gasteiger partial charge in [-0.1, -0.05) is 24.3 Å². The first-order valence-corrected chi connectivity index (χ1v) is 6.19. The Balaban J connectivity index is 2.02. The first-order valence-electron chi connectivity index (χ1n) is 6.19. The summed E-state index contributed by atoms with van der Waals surface area (Å²) in [6.07, 6.45) is 2.88. The molecule has 3 nitrogen and oxygen atoms in total. The molecule has 1 aliphatic heterocycles. The number of methoxy groups -OCH3 is 1. The zero-order valence-electron chi connectivity index (χ0n) is 10.4. The van der Waals surface area contributed by atoms with Crippen molar-refractivity contribution in [1.29, 1.82) is 0 Å². The predicted molar refractivity (Wildman–Crippen MR) is 70.8 cm³/mol. The number of nitrogens with one attached hydrogen (secondary N) is 1. The van der Waals surface area contributed by atoms with Gasteiger partial charge in [-0.05, 0) is 23.6 Å². The van der Waals surface area contributed by atoms with E-state index in [1.807, 2.05) is 12.1 Å². The lowest BCUT2D eigenvalue weighted by molar-refractivity contribution is 0.412. The molecule has 18 heavy (non-hydrogen) atoms. The van der Waals surface area contributed by atoms with Crippen molar-refractivity contribution in [2.24, 2.45) is 0 Å². The lowest BCUT2D eigenvalue weighted by atomic mass is 9.92. The number of aromatic nitrogens is 1. The molecule has 0 aliphatic carbocycles. The van der Waals surface area contributed by atoms with Gasteiger partial charge in [0, 0.05) is 18.8 Å². The highest BCUT2D eigenvalue weighted by Crippen LogP contribution is 2.28. The summed E-state index contributed by atoms with van der Waals surface area (Å²) in [6, 6.07) is 12.6. The van der Waals surface area contributed by atoms with Gasteiger partial charge in [-0.15, -0.1) is 0 Å². The van der Waals surface area contributed by atoms with E-state index in [0.717, 1.165) is 24.4 Å². The summed E-state index contributed by atoms with van der Waals surface area (Å²) in [4.78, 5) is 4.47. The molecule has 0 saturated heterocycles. The quantitative estimate of drug-likeness (QED) is 0.874. The van der Waals surface area contributed by atoms with Crippen LogP contribution in [0.2, 0.25) is 0 Å². The van der Waals surface area contributed by atoms with Gasteiger partial charge >= 0.3 is 0 Å². The summed E-state index contributed by atoms with van der Waals surface area (Å²) in [6.45, 7) is 0.987. The van der Waals surface area contributed by atoms with E-state index in [2.05, 4.69) is 34.6 Å². The molecule has 0 amide bonds. The van der Waals surface area contributed by atoms with Crippen LogP contribution in [0.15, 0.2) is 42.6 Å². The minimum Gasteiger partial charge on any atom is -0.497 e. The van der Waals surface area contributed by atoms with Crippen LogP contribution >= 0.6 is 0 Å². The van der Waals surface area contributed by atoms with Gasteiger partial charge in [0.1, 0.15) is 5.75 Å². The van der Waals surface area contributed by atoms with E-state index >= 15 is 0 Å². The lowest BCUT2D eigenvalue weighted by Gasteiger charge is -2.26. The van der Waals surface area contributed by atoms with E-state index in [0.29, 0.717) is 0 Å². The highest BCUT2D eigenvalue weighted by molar-refractivity contribution is 5.38. The molecule has 1 N–H and O–H groups in total. The molecule has 1 atom stereocenters. The van der Waals surface area contributed by atoms with Gasteiger partial charge in [0.05, 0.1) is 18.8 Å². The van der Waals surface area contributed by atoms with E-state index in [1.54, 1.807) is 13.3 Å².